The quantitative estimate of drug-likeness (QED) is 0.874. The third-order valence-electron chi connectivity index (χ3n) is 2.92. The Hall–Kier alpha value is -0.580. The molecule has 0 spiro atoms. The summed E-state index contributed by atoms with van der Waals surface area (Å²) in [6.45, 7) is 6.41. The number of thiophene rings is 1. The van der Waals surface area contributed by atoms with Crippen LogP contribution in [0.5, 0.6) is 0 Å². The minimum Gasteiger partial charge on any atom is -0.345 e. The predicted octanol–water partition coefficient (Wildman–Crippen LogP) is 2.50. The first-order valence-corrected chi connectivity index (χ1v) is 6.42. The molecular weight excluding hydrogens is 244 g/mol. The van der Waals surface area contributed by atoms with Crippen molar-refractivity contribution in [1.82, 2.24) is 5.32 Å². The van der Waals surface area contributed by atoms with Gasteiger partial charge in [0.25, 0.3) is 5.91 Å². The molecule has 0 radical (unpaired) electrons. The summed E-state index contributed by atoms with van der Waals surface area (Å²) in [6, 6.07) is 1.72. The first kappa shape index (κ1) is 13.5. The monoisotopic (exact) mass is 260 g/mol. The van der Waals surface area contributed by atoms with Crippen molar-refractivity contribution in [3.63, 3.8) is 0 Å². The summed E-state index contributed by atoms with van der Waals surface area (Å²) in [5.74, 6) is 0.113. The van der Waals surface area contributed by atoms with Crippen molar-refractivity contribution in [2.24, 2.45) is 11.7 Å². The highest BCUT2D eigenvalue weighted by Gasteiger charge is 2.29. The number of halogens is 1. The summed E-state index contributed by atoms with van der Waals surface area (Å²) in [7, 11) is 0. The zero-order valence-electron chi connectivity index (χ0n) is 9.71. The van der Waals surface area contributed by atoms with E-state index in [1.54, 1.807) is 11.4 Å². The molecule has 3 nitrogen and oxygen atoms in total. The molecule has 0 aliphatic carbocycles. The van der Waals surface area contributed by atoms with Gasteiger partial charge in [0, 0.05) is 6.54 Å². The molecule has 0 aliphatic heterocycles. The van der Waals surface area contributed by atoms with Crippen LogP contribution in [0.1, 0.15) is 30.4 Å². The normalized spacial score (nSPS) is 14.9. The van der Waals surface area contributed by atoms with Crippen LogP contribution in [-0.2, 0) is 0 Å². The lowest BCUT2D eigenvalue weighted by Crippen LogP contribution is -2.54. The van der Waals surface area contributed by atoms with E-state index in [0.29, 0.717) is 16.4 Å². The molecule has 0 aliphatic rings. The lowest BCUT2D eigenvalue weighted by atomic mass is 9.88. The van der Waals surface area contributed by atoms with Crippen molar-refractivity contribution >= 4 is 28.8 Å². The van der Waals surface area contributed by atoms with Gasteiger partial charge >= 0.3 is 0 Å². The zero-order chi connectivity index (χ0) is 12.3. The van der Waals surface area contributed by atoms with E-state index < -0.39 is 5.54 Å². The minimum absolute atomic E-state index is 0.151. The second-order valence-corrected chi connectivity index (χ2v) is 5.65. The number of amides is 1. The molecule has 1 atom stereocenters. The Morgan fingerprint density at radius 2 is 2.31 bits per heavy atom. The number of nitrogens with two attached hydrogens (primary N) is 1. The van der Waals surface area contributed by atoms with Gasteiger partial charge in [0.1, 0.15) is 4.88 Å². The smallest absolute Gasteiger partial charge is 0.263 e. The molecule has 1 rings (SSSR count). The van der Waals surface area contributed by atoms with E-state index >= 15 is 0 Å². The van der Waals surface area contributed by atoms with Crippen LogP contribution in [0.15, 0.2) is 11.4 Å². The lowest BCUT2D eigenvalue weighted by Gasteiger charge is -2.33. The Morgan fingerprint density at radius 3 is 2.69 bits per heavy atom. The van der Waals surface area contributed by atoms with E-state index in [1.165, 1.54) is 11.3 Å². The maximum Gasteiger partial charge on any atom is 0.263 e. The van der Waals surface area contributed by atoms with Crippen molar-refractivity contribution < 1.29 is 4.79 Å². The molecule has 0 bridgehead atoms. The third kappa shape index (κ3) is 2.75. The Balaban J connectivity index is 2.82. The highest BCUT2D eigenvalue weighted by atomic mass is 35.5. The molecule has 0 saturated heterocycles. The summed E-state index contributed by atoms with van der Waals surface area (Å²) in [5, 5.41) is 5.24. The van der Waals surface area contributed by atoms with E-state index in [4.69, 9.17) is 17.3 Å². The van der Waals surface area contributed by atoms with E-state index in [1.807, 2.05) is 20.8 Å². The maximum atomic E-state index is 12.0. The van der Waals surface area contributed by atoms with Crippen LogP contribution in [-0.4, -0.2) is 18.0 Å². The van der Waals surface area contributed by atoms with Crippen LogP contribution in [0.2, 0.25) is 5.02 Å². The molecule has 1 aromatic heterocycles. The number of carbonyl (C=O) groups excluding carboxylic acids is 1. The fraction of sp³-hybridized carbons (Fsp3) is 0.545. The van der Waals surface area contributed by atoms with Crippen LogP contribution in [0, 0.1) is 5.92 Å². The topological polar surface area (TPSA) is 55.1 Å². The van der Waals surface area contributed by atoms with Gasteiger partial charge in [-0.25, -0.2) is 0 Å². The van der Waals surface area contributed by atoms with Crippen LogP contribution < -0.4 is 11.1 Å². The van der Waals surface area contributed by atoms with Crippen molar-refractivity contribution in [1.29, 1.82) is 0 Å². The van der Waals surface area contributed by atoms with Gasteiger partial charge in [0.05, 0.1) is 10.6 Å². The molecule has 90 valence electrons. The van der Waals surface area contributed by atoms with Crippen LogP contribution in [0.25, 0.3) is 0 Å². The molecule has 1 unspecified atom stereocenters. The Labute approximate surface area is 105 Å². The molecule has 0 aromatic carbocycles. The Morgan fingerprint density at radius 1 is 1.69 bits per heavy atom. The largest absolute Gasteiger partial charge is 0.345 e. The van der Waals surface area contributed by atoms with Crippen molar-refractivity contribution in [3.05, 3.63) is 21.3 Å². The fourth-order valence-electron chi connectivity index (χ4n) is 1.20. The summed E-state index contributed by atoms with van der Waals surface area (Å²) in [4.78, 5) is 12.5. The van der Waals surface area contributed by atoms with E-state index in [0.717, 1.165) is 0 Å². The minimum atomic E-state index is -0.398. The molecule has 1 amide bonds. The van der Waals surface area contributed by atoms with Gasteiger partial charge in [0.15, 0.2) is 0 Å². The van der Waals surface area contributed by atoms with Crippen molar-refractivity contribution in [2.45, 2.75) is 26.3 Å². The summed E-state index contributed by atoms with van der Waals surface area (Å²) in [5.41, 5.74) is 5.30. The number of carbonyl (C=O) groups is 1. The number of rotatable bonds is 4. The second kappa shape index (κ2) is 5.17. The van der Waals surface area contributed by atoms with Gasteiger partial charge in [-0.15, -0.1) is 11.3 Å². The van der Waals surface area contributed by atoms with Gasteiger partial charge in [-0.2, -0.15) is 0 Å². The lowest BCUT2D eigenvalue weighted by molar-refractivity contribution is 0.0887. The van der Waals surface area contributed by atoms with Crippen molar-refractivity contribution in [3.8, 4) is 0 Å². The van der Waals surface area contributed by atoms with Gasteiger partial charge in [-0.05, 0) is 24.3 Å². The first-order chi connectivity index (χ1) is 7.40. The SMILES string of the molecule is CC(C)C(C)(CN)NC(=O)c1sccc1Cl. The van der Waals surface area contributed by atoms with Gasteiger partial charge < -0.3 is 11.1 Å². The zero-order valence-corrected chi connectivity index (χ0v) is 11.3. The number of nitrogens with one attached hydrogen (secondary N) is 1. The van der Waals surface area contributed by atoms with Gasteiger partial charge in [0.2, 0.25) is 0 Å². The summed E-state index contributed by atoms with van der Waals surface area (Å²) < 4.78 is 0. The Kier molecular flexibility index (Phi) is 4.35. The highest BCUT2D eigenvalue weighted by Crippen LogP contribution is 2.23. The maximum absolute atomic E-state index is 12.0. The van der Waals surface area contributed by atoms with E-state index in [9.17, 15) is 4.79 Å². The Bertz CT molecular complexity index is 378. The standard InChI is InChI=1S/C11H17ClN2OS/c1-7(2)11(3,6-13)14-10(15)9-8(12)4-5-16-9/h4-5,7H,6,13H2,1-3H3,(H,14,15). The molecule has 16 heavy (non-hydrogen) atoms. The molecule has 5 heteroatoms. The molecule has 0 saturated carbocycles. The number of hydrogen-bond donors (Lipinski definition) is 2. The summed E-state index contributed by atoms with van der Waals surface area (Å²) in [6.07, 6.45) is 0. The van der Waals surface area contributed by atoms with Crippen LogP contribution in [0.4, 0.5) is 0 Å². The van der Waals surface area contributed by atoms with Crippen molar-refractivity contribution in [2.75, 3.05) is 6.54 Å². The second-order valence-electron chi connectivity index (χ2n) is 4.33. The molecular formula is C11H17ClN2OS. The molecule has 1 heterocycles. The average molecular weight is 261 g/mol. The van der Waals surface area contributed by atoms with Crippen LogP contribution >= 0.6 is 22.9 Å². The predicted molar refractivity (Wildman–Crippen MR) is 69.1 cm³/mol. The highest BCUT2D eigenvalue weighted by molar-refractivity contribution is 7.12. The summed E-state index contributed by atoms with van der Waals surface area (Å²) >= 11 is 7.24. The number of hydrogen-bond acceptors (Lipinski definition) is 3. The molecule has 3 N–H and O–H groups in total. The molecule has 0 fully saturated rings. The van der Waals surface area contributed by atoms with Crippen LogP contribution in [0.3, 0.4) is 0 Å². The average Bonchev–Trinajstić information content (AvgIpc) is 2.64. The van der Waals surface area contributed by atoms with E-state index in [-0.39, 0.29) is 11.8 Å². The molecule has 1 aromatic rings. The third-order valence-corrected chi connectivity index (χ3v) is 4.26. The fourth-order valence-corrected chi connectivity index (χ4v) is 2.24. The van der Waals surface area contributed by atoms with E-state index in [2.05, 4.69) is 5.32 Å². The first-order valence-electron chi connectivity index (χ1n) is 5.16. The van der Waals surface area contributed by atoms with Gasteiger partial charge in [-0.3, -0.25) is 4.79 Å². The van der Waals surface area contributed by atoms with Gasteiger partial charge in [-0.1, -0.05) is 25.4 Å².